The molecule has 1 aliphatic rings. The average Bonchev–Trinajstić information content (AvgIpc) is 2.61. The largest absolute Gasteiger partial charge is 0.336 e. The Labute approximate surface area is 150 Å². The van der Waals surface area contributed by atoms with Gasteiger partial charge in [0, 0.05) is 44.1 Å². The predicted octanol–water partition coefficient (Wildman–Crippen LogP) is 1.81. The van der Waals surface area contributed by atoms with E-state index in [2.05, 4.69) is 4.98 Å². The summed E-state index contributed by atoms with van der Waals surface area (Å²) in [5.74, 6) is -2.21. The summed E-state index contributed by atoms with van der Waals surface area (Å²) in [4.78, 5) is 17.5. The summed E-state index contributed by atoms with van der Waals surface area (Å²) < 4.78 is 53.1. The Balaban J connectivity index is 1.71. The molecule has 138 valence electrons. The molecule has 1 fully saturated rings. The first-order chi connectivity index (χ1) is 12.3. The second kappa shape index (κ2) is 7.08. The van der Waals surface area contributed by atoms with Gasteiger partial charge in [0.25, 0.3) is 5.91 Å². The summed E-state index contributed by atoms with van der Waals surface area (Å²) in [5, 5.41) is 0. The van der Waals surface area contributed by atoms with Gasteiger partial charge in [0.05, 0.1) is 5.56 Å². The molecule has 2 heterocycles. The lowest BCUT2D eigenvalue weighted by Crippen LogP contribution is -2.50. The number of carbonyl (C=O) groups is 1. The highest BCUT2D eigenvalue weighted by molar-refractivity contribution is 7.89. The van der Waals surface area contributed by atoms with Gasteiger partial charge in [-0.3, -0.25) is 9.78 Å². The topological polar surface area (TPSA) is 70.6 Å². The summed E-state index contributed by atoms with van der Waals surface area (Å²) in [5.41, 5.74) is 1.22. The van der Waals surface area contributed by atoms with E-state index in [1.54, 1.807) is 12.1 Å². The molecule has 0 bridgehead atoms. The van der Waals surface area contributed by atoms with Gasteiger partial charge in [-0.25, -0.2) is 17.2 Å². The standard InChI is InChI=1S/C17H17F2N3O3S/c1-12-2-3-13(11-20-12)17(23)21-6-8-22(9-7-21)26(24,25)16-5-4-14(18)10-15(16)19/h2-5,10-11H,6-9H2,1H3. The molecule has 1 aromatic heterocycles. The highest BCUT2D eigenvalue weighted by atomic mass is 32.2. The SMILES string of the molecule is Cc1ccc(C(=O)N2CCN(S(=O)(=O)c3ccc(F)cc3F)CC2)cn1. The van der Waals surface area contributed by atoms with Crippen LogP contribution in [0.25, 0.3) is 0 Å². The highest BCUT2D eigenvalue weighted by Crippen LogP contribution is 2.22. The molecule has 0 atom stereocenters. The van der Waals surface area contributed by atoms with Crippen molar-refractivity contribution in [2.45, 2.75) is 11.8 Å². The summed E-state index contributed by atoms with van der Waals surface area (Å²) in [6.45, 7) is 2.23. The first kappa shape index (κ1) is 18.4. The van der Waals surface area contributed by atoms with Crippen LogP contribution in [0.2, 0.25) is 0 Å². The van der Waals surface area contributed by atoms with Crippen molar-refractivity contribution in [3.05, 3.63) is 59.4 Å². The first-order valence-corrected chi connectivity index (χ1v) is 9.40. The maximum absolute atomic E-state index is 13.8. The van der Waals surface area contributed by atoms with Gasteiger partial charge < -0.3 is 4.90 Å². The Morgan fingerprint density at radius 3 is 2.35 bits per heavy atom. The van der Waals surface area contributed by atoms with Gasteiger partial charge in [0.1, 0.15) is 16.5 Å². The van der Waals surface area contributed by atoms with E-state index in [0.717, 1.165) is 22.1 Å². The van der Waals surface area contributed by atoms with Crippen LogP contribution in [0.1, 0.15) is 16.1 Å². The van der Waals surface area contributed by atoms with E-state index in [-0.39, 0.29) is 32.1 Å². The second-order valence-corrected chi connectivity index (χ2v) is 7.87. The Bertz CT molecular complexity index is 925. The highest BCUT2D eigenvalue weighted by Gasteiger charge is 2.32. The van der Waals surface area contributed by atoms with Gasteiger partial charge in [0.2, 0.25) is 10.0 Å². The molecular formula is C17H17F2N3O3S. The van der Waals surface area contributed by atoms with Crippen molar-refractivity contribution in [3.63, 3.8) is 0 Å². The molecule has 1 amide bonds. The fourth-order valence-corrected chi connectivity index (χ4v) is 4.20. The minimum Gasteiger partial charge on any atom is -0.336 e. The predicted molar refractivity (Wildman–Crippen MR) is 90.0 cm³/mol. The number of halogens is 2. The van der Waals surface area contributed by atoms with E-state index in [1.807, 2.05) is 6.92 Å². The van der Waals surface area contributed by atoms with Gasteiger partial charge >= 0.3 is 0 Å². The van der Waals surface area contributed by atoms with Crippen LogP contribution >= 0.6 is 0 Å². The molecule has 0 spiro atoms. The number of nitrogens with zero attached hydrogens (tertiary/aromatic N) is 3. The van der Waals surface area contributed by atoms with E-state index in [9.17, 15) is 22.0 Å². The molecule has 3 rings (SSSR count). The third-order valence-electron chi connectivity index (χ3n) is 4.20. The lowest BCUT2D eigenvalue weighted by atomic mass is 10.2. The molecule has 1 saturated heterocycles. The number of hydrogen-bond acceptors (Lipinski definition) is 4. The third-order valence-corrected chi connectivity index (χ3v) is 6.13. The fourth-order valence-electron chi connectivity index (χ4n) is 2.73. The van der Waals surface area contributed by atoms with Crippen molar-refractivity contribution in [1.82, 2.24) is 14.2 Å². The minimum atomic E-state index is -4.09. The van der Waals surface area contributed by atoms with E-state index in [1.165, 1.54) is 11.1 Å². The van der Waals surface area contributed by atoms with Crippen LogP contribution in [0.4, 0.5) is 8.78 Å². The molecule has 0 N–H and O–H groups in total. The lowest BCUT2D eigenvalue weighted by Gasteiger charge is -2.34. The molecule has 26 heavy (non-hydrogen) atoms. The van der Waals surface area contributed by atoms with Crippen LogP contribution in [0.5, 0.6) is 0 Å². The molecule has 0 radical (unpaired) electrons. The average molecular weight is 381 g/mol. The Kier molecular flexibility index (Phi) is 5.01. The van der Waals surface area contributed by atoms with Crippen LogP contribution in [0, 0.1) is 18.6 Å². The zero-order chi connectivity index (χ0) is 18.9. The van der Waals surface area contributed by atoms with Crippen molar-refractivity contribution in [3.8, 4) is 0 Å². The number of amides is 1. The fraction of sp³-hybridized carbons (Fsp3) is 0.294. The molecule has 6 nitrogen and oxygen atoms in total. The number of carbonyl (C=O) groups excluding carboxylic acids is 1. The normalized spacial score (nSPS) is 15.9. The first-order valence-electron chi connectivity index (χ1n) is 7.96. The summed E-state index contributed by atoms with van der Waals surface area (Å²) >= 11 is 0. The van der Waals surface area contributed by atoms with Crippen molar-refractivity contribution in [1.29, 1.82) is 0 Å². The van der Waals surface area contributed by atoms with Crippen LogP contribution in [0.3, 0.4) is 0 Å². The van der Waals surface area contributed by atoms with Gasteiger partial charge in [0.15, 0.2) is 0 Å². The zero-order valence-electron chi connectivity index (χ0n) is 14.0. The van der Waals surface area contributed by atoms with Crippen LogP contribution in [-0.4, -0.2) is 54.7 Å². The quantitative estimate of drug-likeness (QED) is 0.813. The smallest absolute Gasteiger partial charge is 0.255 e. The number of rotatable bonds is 3. The molecule has 0 unspecified atom stereocenters. The Morgan fingerprint density at radius 1 is 1.08 bits per heavy atom. The van der Waals surface area contributed by atoms with Crippen molar-refractivity contribution in [2.24, 2.45) is 0 Å². The number of aryl methyl sites for hydroxylation is 1. The number of sulfonamides is 1. The molecular weight excluding hydrogens is 364 g/mol. The number of pyridine rings is 1. The van der Waals surface area contributed by atoms with Crippen LogP contribution in [-0.2, 0) is 10.0 Å². The monoisotopic (exact) mass is 381 g/mol. The van der Waals surface area contributed by atoms with E-state index < -0.39 is 26.6 Å². The minimum absolute atomic E-state index is 0.0319. The summed E-state index contributed by atoms with van der Waals surface area (Å²) in [6.07, 6.45) is 1.48. The third kappa shape index (κ3) is 3.58. The summed E-state index contributed by atoms with van der Waals surface area (Å²) in [7, 11) is -4.09. The maximum Gasteiger partial charge on any atom is 0.255 e. The Hall–Kier alpha value is -2.39. The second-order valence-electron chi connectivity index (χ2n) is 5.96. The van der Waals surface area contributed by atoms with Crippen LogP contribution < -0.4 is 0 Å². The van der Waals surface area contributed by atoms with Gasteiger partial charge in [-0.1, -0.05) is 0 Å². The van der Waals surface area contributed by atoms with Gasteiger partial charge in [-0.15, -0.1) is 0 Å². The zero-order valence-corrected chi connectivity index (χ0v) is 14.8. The van der Waals surface area contributed by atoms with E-state index >= 15 is 0 Å². The molecule has 1 aromatic carbocycles. The van der Waals surface area contributed by atoms with Crippen molar-refractivity contribution in [2.75, 3.05) is 26.2 Å². The van der Waals surface area contributed by atoms with Crippen molar-refractivity contribution < 1.29 is 22.0 Å². The molecule has 0 saturated carbocycles. The number of piperazine rings is 1. The lowest BCUT2D eigenvalue weighted by molar-refractivity contribution is 0.0697. The molecule has 9 heteroatoms. The van der Waals surface area contributed by atoms with Gasteiger partial charge in [-0.05, 0) is 31.2 Å². The maximum atomic E-state index is 13.8. The van der Waals surface area contributed by atoms with Gasteiger partial charge in [-0.2, -0.15) is 4.31 Å². The van der Waals surface area contributed by atoms with Crippen LogP contribution in [0.15, 0.2) is 41.4 Å². The Morgan fingerprint density at radius 2 is 1.77 bits per heavy atom. The molecule has 2 aromatic rings. The van der Waals surface area contributed by atoms with E-state index in [0.29, 0.717) is 11.6 Å². The van der Waals surface area contributed by atoms with Crippen molar-refractivity contribution >= 4 is 15.9 Å². The number of benzene rings is 1. The number of aromatic nitrogens is 1. The molecule has 1 aliphatic heterocycles. The number of hydrogen-bond donors (Lipinski definition) is 0. The van der Waals surface area contributed by atoms with E-state index in [4.69, 9.17) is 0 Å². The molecule has 0 aliphatic carbocycles. The summed E-state index contributed by atoms with van der Waals surface area (Å²) in [6, 6.07) is 5.75.